The van der Waals surface area contributed by atoms with E-state index in [1.807, 2.05) is 72.8 Å². The summed E-state index contributed by atoms with van der Waals surface area (Å²) in [6, 6.07) is 27.7. The van der Waals surface area contributed by atoms with Gasteiger partial charge in [-0.05, 0) is 34.4 Å². The second kappa shape index (κ2) is 9.80. The average molecular weight is 368 g/mol. The van der Waals surface area contributed by atoms with Crippen molar-refractivity contribution in [3.63, 3.8) is 0 Å². The lowest BCUT2D eigenvalue weighted by Gasteiger charge is -2.16. The Morgan fingerprint density at radius 2 is 1.00 bits per heavy atom. The molecule has 0 heterocycles. The highest BCUT2D eigenvalue weighted by molar-refractivity contribution is 5.49. The molecule has 0 aromatic heterocycles. The Hall–Kier alpha value is -3.76. The van der Waals surface area contributed by atoms with Gasteiger partial charge in [-0.1, -0.05) is 60.7 Å². The van der Waals surface area contributed by atoms with Crippen molar-refractivity contribution in [2.75, 3.05) is 0 Å². The normalized spacial score (nSPS) is 9.93. The van der Waals surface area contributed by atoms with E-state index < -0.39 is 0 Å². The molecule has 0 radical (unpaired) electrons. The van der Waals surface area contributed by atoms with Crippen LogP contribution in [-0.4, -0.2) is 0 Å². The van der Waals surface area contributed by atoms with Crippen LogP contribution in [0.4, 0.5) is 0 Å². The molecule has 4 nitrogen and oxygen atoms in total. The molecule has 3 aromatic rings. The van der Waals surface area contributed by atoms with E-state index in [0.29, 0.717) is 24.7 Å². The van der Waals surface area contributed by atoms with Gasteiger partial charge in [-0.15, -0.1) is 0 Å². The van der Waals surface area contributed by atoms with E-state index in [2.05, 4.69) is 12.1 Å². The van der Waals surface area contributed by atoms with Gasteiger partial charge in [0.1, 0.15) is 13.2 Å². The maximum Gasteiger partial charge on any atom is 0.162 e. The van der Waals surface area contributed by atoms with Crippen molar-refractivity contribution in [1.82, 2.24) is 0 Å². The number of benzene rings is 3. The summed E-state index contributed by atoms with van der Waals surface area (Å²) in [6.45, 7) is 0.790. The first kappa shape index (κ1) is 19.0. The highest BCUT2D eigenvalue weighted by atomic mass is 16.5. The number of nitriles is 2. The van der Waals surface area contributed by atoms with Gasteiger partial charge in [-0.2, -0.15) is 10.5 Å². The third-order valence-corrected chi connectivity index (χ3v) is 4.28. The van der Waals surface area contributed by atoms with Crippen LogP contribution in [0, 0.1) is 22.7 Å². The first-order chi connectivity index (χ1) is 13.8. The van der Waals surface area contributed by atoms with Crippen LogP contribution in [0.1, 0.15) is 22.3 Å². The van der Waals surface area contributed by atoms with Gasteiger partial charge in [-0.3, -0.25) is 0 Å². The molecule has 138 valence electrons. The first-order valence-electron chi connectivity index (χ1n) is 9.03. The molecule has 28 heavy (non-hydrogen) atoms. The average Bonchev–Trinajstić information content (AvgIpc) is 2.74. The molecule has 0 aliphatic carbocycles. The molecule has 0 unspecified atom stereocenters. The smallest absolute Gasteiger partial charge is 0.162 e. The molecule has 0 amide bonds. The Labute approximate surface area is 165 Å². The van der Waals surface area contributed by atoms with Gasteiger partial charge in [0, 0.05) is 0 Å². The third-order valence-electron chi connectivity index (χ3n) is 4.28. The van der Waals surface area contributed by atoms with E-state index in [4.69, 9.17) is 20.0 Å². The summed E-state index contributed by atoms with van der Waals surface area (Å²) >= 11 is 0. The highest BCUT2D eigenvalue weighted by Gasteiger charge is 2.13. The Balaban J connectivity index is 1.87. The van der Waals surface area contributed by atoms with E-state index in [9.17, 15) is 0 Å². The standard InChI is InChI=1S/C24H20N2O2/c25-13-11-21-15-23(27-17-19-7-3-1-4-8-19)24(16-22(21)12-14-26)28-18-20-9-5-2-6-10-20/h1-10,15-16H,11-12,17-18H2. The largest absolute Gasteiger partial charge is 0.485 e. The minimum atomic E-state index is 0.220. The van der Waals surface area contributed by atoms with Crippen molar-refractivity contribution in [3.8, 4) is 23.6 Å². The van der Waals surface area contributed by atoms with E-state index in [1.54, 1.807) is 0 Å². The van der Waals surface area contributed by atoms with Gasteiger partial charge in [-0.25, -0.2) is 0 Å². The molecule has 0 aliphatic heterocycles. The van der Waals surface area contributed by atoms with E-state index >= 15 is 0 Å². The zero-order valence-electron chi connectivity index (χ0n) is 15.5. The molecule has 0 saturated carbocycles. The maximum atomic E-state index is 9.13. The van der Waals surface area contributed by atoms with Gasteiger partial charge in [0.25, 0.3) is 0 Å². The minimum absolute atomic E-state index is 0.220. The molecule has 0 aliphatic rings. The summed E-state index contributed by atoms with van der Waals surface area (Å²) in [5, 5.41) is 18.3. The predicted octanol–water partition coefficient (Wildman–Crippen LogP) is 4.98. The van der Waals surface area contributed by atoms with E-state index in [-0.39, 0.29) is 12.8 Å². The van der Waals surface area contributed by atoms with Crippen molar-refractivity contribution in [2.45, 2.75) is 26.1 Å². The molecule has 0 bridgehead atoms. The molecule has 0 spiro atoms. The summed E-state index contributed by atoms with van der Waals surface area (Å²) in [4.78, 5) is 0. The highest BCUT2D eigenvalue weighted by Crippen LogP contribution is 2.33. The van der Waals surface area contributed by atoms with Crippen LogP contribution in [0.2, 0.25) is 0 Å². The zero-order valence-corrected chi connectivity index (χ0v) is 15.5. The van der Waals surface area contributed by atoms with Crippen LogP contribution in [0.3, 0.4) is 0 Å². The number of ether oxygens (including phenoxy) is 2. The summed E-state index contributed by atoms with van der Waals surface area (Å²) in [5.41, 5.74) is 3.66. The van der Waals surface area contributed by atoms with Crippen molar-refractivity contribution in [2.24, 2.45) is 0 Å². The zero-order chi connectivity index (χ0) is 19.6. The van der Waals surface area contributed by atoms with Gasteiger partial charge in [0.2, 0.25) is 0 Å². The summed E-state index contributed by atoms with van der Waals surface area (Å²) in [6.07, 6.45) is 0.440. The van der Waals surface area contributed by atoms with E-state index in [1.165, 1.54) is 0 Å². The molecule has 0 N–H and O–H groups in total. The fraction of sp³-hybridized carbons (Fsp3) is 0.167. The quantitative estimate of drug-likeness (QED) is 0.563. The van der Waals surface area contributed by atoms with Crippen LogP contribution in [0.15, 0.2) is 72.8 Å². The molecule has 3 rings (SSSR count). The number of rotatable bonds is 8. The van der Waals surface area contributed by atoms with Crippen molar-refractivity contribution in [1.29, 1.82) is 10.5 Å². The van der Waals surface area contributed by atoms with Gasteiger partial charge < -0.3 is 9.47 Å². The Kier molecular flexibility index (Phi) is 6.66. The molecule has 0 atom stereocenters. The fourth-order valence-electron chi connectivity index (χ4n) is 2.84. The van der Waals surface area contributed by atoms with Crippen LogP contribution >= 0.6 is 0 Å². The second-order valence-electron chi connectivity index (χ2n) is 6.29. The number of nitrogens with zero attached hydrogens (tertiary/aromatic N) is 2. The second-order valence-corrected chi connectivity index (χ2v) is 6.29. The first-order valence-corrected chi connectivity index (χ1v) is 9.03. The fourth-order valence-corrected chi connectivity index (χ4v) is 2.84. The molecular formula is C24H20N2O2. The van der Waals surface area contributed by atoms with Crippen LogP contribution < -0.4 is 9.47 Å². The molecule has 4 heteroatoms. The Bertz CT molecular complexity index is 904. The predicted molar refractivity (Wildman–Crippen MR) is 107 cm³/mol. The lowest BCUT2D eigenvalue weighted by atomic mass is 10.0. The molecule has 3 aromatic carbocycles. The van der Waals surface area contributed by atoms with Crippen LogP contribution in [-0.2, 0) is 26.1 Å². The van der Waals surface area contributed by atoms with Crippen LogP contribution in [0.5, 0.6) is 11.5 Å². The van der Waals surface area contributed by atoms with Gasteiger partial charge >= 0.3 is 0 Å². The molecule has 0 fully saturated rings. The molecular weight excluding hydrogens is 348 g/mol. The van der Waals surface area contributed by atoms with Crippen molar-refractivity contribution < 1.29 is 9.47 Å². The van der Waals surface area contributed by atoms with E-state index in [0.717, 1.165) is 22.3 Å². The Morgan fingerprint density at radius 1 is 0.607 bits per heavy atom. The number of hydrogen-bond acceptors (Lipinski definition) is 4. The topological polar surface area (TPSA) is 66.0 Å². The third kappa shape index (κ3) is 5.13. The lowest BCUT2D eigenvalue weighted by molar-refractivity contribution is 0.255. The number of hydrogen-bond donors (Lipinski definition) is 0. The summed E-state index contributed by atoms with van der Waals surface area (Å²) in [7, 11) is 0. The van der Waals surface area contributed by atoms with Gasteiger partial charge in [0.15, 0.2) is 11.5 Å². The summed E-state index contributed by atoms with van der Waals surface area (Å²) in [5.74, 6) is 1.15. The minimum Gasteiger partial charge on any atom is -0.485 e. The van der Waals surface area contributed by atoms with Crippen molar-refractivity contribution in [3.05, 3.63) is 95.1 Å². The summed E-state index contributed by atoms with van der Waals surface area (Å²) < 4.78 is 12.0. The monoisotopic (exact) mass is 368 g/mol. The SMILES string of the molecule is N#CCc1cc(OCc2ccccc2)c(OCc2ccccc2)cc1CC#N. The Morgan fingerprint density at radius 3 is 1.36 bits per heavy atom. The molecule has 0 saturated heterocycles. The van der Waals surface area contributed by atoms with Gasteiger partial charge in [0.05, 0.1) is 25.0 Å². The van der Waals surface area contributed by atoms with Crippen LogP contribution in [0.25, 0.3) is 0 Å². The maximum absolute atomic E-state index is 9.13. The lowest BCUT2D eigenvalue weighted by Crippen LogP contribution is -2.03. The van der Waals surface area contributed by atoms with Crippen molar-refractivity contribution >= 4 is 0 Å².